The summed E-state index contributed by atoms with van der Waals surface area (Å²) in [5.74, 6) is -1.48. The number of hydrogen-bond acceptors (Lipinski definition) is 3. The molecule has 0 aromatic heterocycles. The number of ketones is 1. The highest BCUT2D eigenvalue weighted by atomic mass is 16.4. The van der Waals surface area contributed by atoms with Crippen molar-refractivity contribution in [2.75, 3.05) is 11.9 Å². The molecule has 21 heavy (non-hydrogen) atoms. The Labute approximate surface area is 122 Å². The number of anilines is 1. The zero-order valence-corrected chi connectivity index (χ0v) is 12.0. The molecule has 1 heterocycles. The summed E-state index contributed by atoms with van der Waals surface area (Å²) in [5.41, 5.74) is 1.05. The van der Waals surface area contributed by atoms with E-state index in [1.54, 1.807) is 31.2 Å². The minimum absolute atomic E-state index is 0.0772. The number of Topliss-reactive ketones (excluding diaryl/α,β-unsaturated/α-hetero) is 1. The van der Waals surface area contributed by atoms with Crippen LogP contribution in [0.4, 0.5) is 10.5 Å². The molecule has 1 aromatic carbocycles. The number of carboxylic acid groups (broad SMARTS) is 1. The van der Waals surface area contributed by atoms with Gasteiger partial charge in [0, 0.05) is 23.8 Å². The Balaban J connectivity index is 2.07. The zero-order chi connectivity index (χ0) is 15.6. The van der Waals surface area contributed by atoms with Crippen LogP contribution in [0.5, 0.6) is 0 Å². The third-order valence-electron chi connectivity index (χ3n) is 3.85. The third kappa shape index (κ3) is 3.21. The number of carbonyl (C=O) groups is 3. The van der Waals surface area contributed by atoms with Crippen molar-refractivity contribution in [3.05, 3.63) is 29.8 Å². The van der Waals surface area contributed by atoms with Crippen LogP contribution in [0.15, 0.2) is 24.3 Å². The van der Waals surface area contributed by atoms with E-state index in [1.807, 2.05) is 0 Å². The predicted octanol–water partition coefficient (Wildman–Crippen LogP) is 2.22. The molecule has 0 spiro atoms. The number of carbonyl (C=O) groups excluding carboxylic acids is 2. The number of hydrogen-bond donors (Lipinski definition) is 2. The Kier molecular flexibility index (Phi) is 4.26. The molecule has 0 bridgehead atoms. The number of rotatable bonds is 3. The van der Waals surface area contributed by atoms with Gasteiger partial charge in [0.25, 0.3) is 0 Å². The van der Waals surface area contributed by atoms with Crippen LogP contribution in [0.2, 0.25) is 0 Å². The van der Waals surface area contributed by atoms with Crippen molar-refractivity contribution in [1.29, 1.82) is 0 Å². The fraction of sp³-hybridized carbons (Fsp3) is 0.400. The topological polar surface area (TPSA) is 86.7 Å². The number of urea groups is 1. The second-order valence-corrected chi connectivity index (χ2v) is 5.23. The molecule has 0 saturated carbocycles. The van der Waals surface area contributed by atoms with Gasteiger partial charge in [0.1, 0.15) is 0 Å². The minimum Gasteiger partial charge on any atom is -0.481 e. The molecule has 1 aromatic rings. The second kappa shape index (κ2) is 5.95. The largest absolute Gasteiger partial charge is 0.481 e. The van der Waals surface area contributed by atoms with Crippen LogP contribution in [0.25, 0.3) is 0 Å². The lowest BCUT2D eigenvalue weighted by molar-refractivity contribution is -0.142. The average Bonchev–Trinajstić information content (AvgIpc) is 2.81. The Morgan fingerprint density at radius 1 is 1.33 bits per heavy atom. The van der Waals surface area contributed by atoms with Crippen molar-refractivity contribution in [2.45, 2.75) is 26.3 Å². The van der Waals surface area contributed by atoms with Gasteiger partial charge in [-0.1, -0.05) is 12.1 Å². The molecule has 2 amide bonds. The molecule has 2 N–H and O–H groups in total. The monoisotopic (exact) mass is 290 g/mol. The van der Waals surface area contributed by atoms with E-state index < -0.39 is 11.9 Å². The summed E-state index contributed by atoms with van der Waals surface area (Å²) >= 11 is 0. The molecule has 1 fully saturated rings. The van der Waals surface area contributed by atoms with Gasteiger partial charge in [-0.3, -0.25) is 9.59 Å². The maximum Gasteiger partial charge on any atom is 0.322 e. The lowest BCUT2D eigenvalue weighted by atomic mass is 10.0. The molecular formula is C15H18N2O4. The number of benzene rings is 1. The number of nitrogens with zero attached hydrogens (tertiary/aromatic N) is 1. The van der Waals surface area contributed by atoms with Gasteiger partial charge in [-0.25, -0.2) is 4.79 Å². The van der Waals surface area contributed by atoms with E-state index in [0.717, 1.165) is 0 Å². The van der Waals surface area contributed by atoms with Gasteiger partial charge in [0.15, 0.2) is 5.78 Å². The van der Waals surface area contributed by atoms with E-state index >= 15 is 0 Å². The Bertz CT molecular complexity index is 585. The predicted molar refractivity (Wildman–Crippen MR) is 77.4 cm³/mol. The van der Waals surface area contributed by atoms with Crippen molar-refractivity contribution < 1.29 is 19.5 Å². The smallest absolute Gasteiger partial charge is 0.322 e. The summed E-state index contributed by atoms with van der Waals surface area (Å²) in [6.45, 7) is 3.61. The van der Waals surface area contributed by atoms with Crippen LogP contribution in [0.1, 0.15) is 30.6 Å². The standard InChI is InChI=1S/C15H18N2O4/c1-9-13(14(19)20)6-7-17(9)15(21)16-12-5-3-4-11(8-12)10(2)18/h3-5,8-9,13H,6-7H2,1-2H3,(H,16,21)(H,19,20). The molecule has 1 aliphatic rings. The summed E-state index contributed by atoms with van der Waals surface area (Å²) < 4.78 is 0. The van der Waals surface area contributed by atoms with E-state index in [4.69, 9.17) is 5.11 Å². The van der Waals surface area contributed by atoms with Crippen molar-refractivity contribution in [3.8, 4) is 0 Å². The van der Waals surface area contributed by atoms with Crippen molar-refractivity contribution in [3.63, 3.8) is 0 Å². The first-order valence-electron chi connectivity index (χ1n) is 6.81. The molecule has 112 valence electrons. The van der Waals surface area contributed by atoms with Gasteiger partial charge in [-0.15, -0.1) is 0 Å². The Morgan fingerprint density at radius 3 is 2.62 bits per heavy atom. The summed E-state index contributed by atoms with van der Waals surface area (Å²) in [4.78, 5) is 36.1. The van der Waals surface area contributed by atoms with E-state index in [0.29, 0.717) is 24.2 Å². The van der Waals surface area contributed by atoms with Crippen LogP contribution in [-0.4, -0.2) is 40.4 Å². The zero-order valence-electron chi connectivity index (χ0n) is 12.0. The third-order valence-corrected chi connectivity index (χ3v) is 3.85. The van der Waals surface area contributed by atoms with E-state index in [2.05, 4.69) is 5.32 Å². The highest BCUT2D eigenvalue weighted by molar-refractivity contribution is 5.97. The lowest BCUT2D eigenvalue weighted by Crippen LogP contribution is -2.40. The van der Waals surface area contributed by atoms with E-state index in [-0.39, 0.29) is 17.9 Å². The van der Waals surface area contributed by atoms with Crippen LogP contribution in [0.3, 0.4) is 0 Å². The molecule has 0 radical (unpaired) electrons. The minimum atomic E-state index is -0.878. The highest BCUT2D eigenvalue weighted by Gasteiger charge is 2.38. The maximum atomic E-state index is 12.2. The maximum absolute atomic E-state index is 12.2. The van der Waals surface area contributed by atoms with E-state index in [1.165, 1.54) is 11.8 Å². The fourth-order valence-electron chi connectivity index (χ4n) is 2.57. The average molecular weight is 290 g/mol. The first-order valence-corrected chi connectivity index (χ1v) is 6.81. The van der Waals surface area contributed by atoms with Crippen LogP contribution < -0.4 is 5.32 Å². The summed E-state index contributed by atoms with van der Waals surface area (Å²) in [5, 5.41) is 11.8. The van der Waals surface area contributed by atoms with Crippen LogP contribution >= 0.6 is 0 Å². The molecule has 2 atom stereocenters. The molecule has 0 aliphatic carbocycles. The van der Waals surface area contributed by atoms with Gasteiger partial charge >= 0.3 is 12.0 Å². The molecule has 6 heteroatoms. The van der Waals surface area contributed by atoms with Crippen molar-refractivity contribution in [2.24, 2.45) is 5.92 Å². The summed E-state index contributed by atoms with van der Waals surface area (Å²) in [7, 11) is 0. The van der Waals surface area contributed by atoms with Gasteiger partial charge in [-0.05, 0) is 32.4 Å². The number of carboxylic acids is 1. The number of aliphatic carboxylic acids is 1. The normalized spacial score (nSPS) is 21.1. The summed E-state index contributed by atoms with van der Waals surface area (Å²) in [6.07, 6.45) is 0.456. The quantitative estimate of drug-likeness (QED) is 0.836. The van der Waals surface area contributed by atoms with Crippen molar-refractivity contribution >= 4 is 23.5 Å². The first-order chi connectivity index (χ1) is 9.90. The molecule has 2 unspecified atom stereocenters. The van der Waals surface area contributed by atoms with Crippen molar-refractivity contribution in [1.82, 2.24) is 4.90 Å². The molecule has 1 saturated heterocycles. The Hall–Kier alpha value is -2.37. The fourth-order valence-corrected chi connectivity index (χ4v) is 2.57. The van der Waals surface area contributed by atoms with E-state index in [9.17, 15) is 14.4 Å². The van der Waals surface area contributed by atoms with Gasteiger partial charge in [0.2, 0.25) is 0 Å². The molecule has 2 rings (SSSR count). The van der Waals surface area contributed by atoms with Crippen LogP contribution in [-0.2, 0) is 4.79 Å². The second-order valence-electron chi connectivity index (χ2n) is 5.23. The highest BCUT2D eigenvalue weighted by Crippen LogP contribution is 2.25. The number of nitrogens with one attached hydrogen (secondary N) is 1. The van der Waals surface area contributed by atoms with Gasteiger partial charge < -0.3 is 15.3 Å². The molecule has 1 aliphatic heterocycles. The molecule has 6 nitrogen and oxygen atoms in total. The van der Waals surface area contributed by atoms with Gasteiger partial charge in [-0.2, -0.15) is 0 Å². The first kappa shape index (κ1) is 15.0. The molecular weight excluding hydrogens is 272 g/mol. The Morgan fingerprint density at radius 2 is 2.05 bits per heavy atom. The number of likely N-dealkylation sites (tertiary alicyclic amines) is 1. The lowest BCUT2D eigenvalue weighted by Gasteiger charge is -2.23. The number of amides is 2. The SMILES string of the molecule is CC(=O)c1cccc(NC(=O)N2CCC(C(=O)O)C2C)c1. The van der Waals surface area contributed by atoms with Crippen LogP contribution in [0, 0.1) is 5.92 Å². The summed E-state index contributed by atoms with van der Waals surface area (Å²) in [6, 6.07) is 5.98. The van der Waals surface area contributed by atoms with Gasteiger partial charge in [0.05, 0.1) is 5.92 Å².